The molecule has 0 aliphatic carbocycles. The highest BCUT2D eigenvalue weighted by Crippen LogP contribution is 2.31. The first-order chi connectivity index (χ1) is 7.05. The van der Waals surface area contributed by atoms with Crippen molar-refractivity contribution in [1.82, 2.24) is 0 Å². The van der Waals surface area contributed by atoms with Crippen molar-refractivity contribution in [3.8, 4) is 0 Å². The number of hydrogen-bond donors (Lipinski definition) is 0. The molecule has 0 N–H and O–H groups in total. The zero-order valence-electron chi connectivity index (χ0n) is 10.8. The Balaban J connectivity index is 5.00. The van der Waals surface area contributed by atoms with Crippen molar-refractivity contribution in [2.45, 2.75) is 39.1 Å². The van der Waals surface area contributed by atoms with Crippen LogP contribution >= 0.6 is 0 Å². The molecule has 0 radical (unpaired) electrons. The molecule has 0 saturated heterocycles. The maximum Gasteiger partial charge on any atom is 0.396 e. The summed E-state index contributed by atoms with van der Waals surface area (Å²) in [7, 11) is 0.838. The van der Waals surface area contributed by atoms with E-state index in [0.29, 0.717) is 13.2 Å². The van der Waals surface area contributed by atoms with Crippen LogP contribution in [-0.2, 0) is 18.3 Å². The molecule has 0 rings (SSSR count). The van der Waals surface area contributed by atoms with E-state index in [1.54, 1.807) is 14.2 Å². The molecule has 0 heterocycles. The molecule has 0 aliphatic heterocycles. The normalized spacial score (nSPS) is 13.2. The predicted octanol–water partition coefficient (Wildman–Crippen LogP) is 2.07. The summed E-state index contributed by atoms with van der Waals surface area (Å²) in [5.41, 5.74) is -0.708. The van der Waals surface area contributed by atoms with Gasteiger partial charge in [0.25, 0.3) is 0 Å². The molecular weight excluding hydrogens is 212 g/mol. The fraction of sp³-hybridized carbons (Fsp3) is 1.00. The smallest absolute Gasteiger partial charge is 0.395 e. The summed E-state index contributed by atoms with van der Waals surface area (Å²) in [6.45, 7) is 9.05. The molecule has 0 aromatic rings. The van der Waals surface area contributed by atoms with E-state index in [-0.39, 0.29) is 0 Å². The first kappa shape index (κ1) is 15.1. The zero-order chi connectivity index (χ0) is 11.9. The fourth-order valence-corrected chi connectivity index (χ4v) is 3.93. The Morgan fingerprint density at radius 3 is 1.53 bits per heavy atom. The molecule has 0 atom stereocenters. The van der Waals surface area contributed by atoms with Crippen molar-refractivity contribution in [2.75, 3.05) is 27.4 Å². The van der Waals surface area contributed by atoms with E-state index in [9.17, 15) is 0 Å². The molecule has 0 fully saturated rings. The standard InChI is InChI=1S/C10H24O4Si/c1-7-10(13-8-2,14-9-3)15(6,11-4)12-5/h7-9H2,1-6H3. The minimum atomic E-state index is -2.46. The SMILES string of the molecule is CCOC(CC)(OCC)[Si](C)(OC)OC. The molecule has 5 heteroatoms. The van der Waals surface area contributed by atoms with Crippen LogP contribution in [0.3, 0.4) is 0 Å². The minimum Gasteiger partial charge on any atom is -0.395 e. The molecule has 0 bridgehead atoms. The second-order valence-corrected chi connectivity index (χ2v) is 6.80. The Kier molecular flexibility index (Phi) is 6.62. The van der Waals surface area contributed by atoms with Gasteiger partial charge in [-0.1, -0.05) is 6.92 Å². The minimum absolute atomic E-state index is 0.586. The Morgan fingerprint density at radius 2 is 1.33 bits per heavy atom. The van der Waals surface area contributed by atoms with Crippen molar-refractivity contribution in [3.63, 3.8) is 0 Å². The second-order valence-electron chi connectivity index (χ2n) is 3.33. The number of hydrogen-bond acceptors (Lipinski definition) is 4. The monoisotopic (exact) mass is 236 g/mol. The highest BCUT2D eigenvalue weighted by Gasteiger charge is 2.55. The van der Waals surface area contributed by atoms with Crippen molar-refractivity contribution >= 4 is 8.56 Å². The number of rotatable bonds is 8. The van der Waals surface area contributed by atoms with Crippen LogP contribution in [0.4, 0.5) is 0 Å². The summed E-state index contributed by atoms with van der Waals surface area (Å²) >= 11 is 0. The lowest BCUT2D eigenvalue weighted by atomic mass is 10.4. The van der Waals surface area contributed by atoms with Crippen LogP contribution in [0.5, 0.6) is 0 Å². The van der Waals surface area contributed by atoms with Gasteiger partial charge in [0.2, 0.25) is 5.41 Å². The number of ether oxygens (including phenoxy) is 2. The van der Waals surface area contributed by atoms with Gasteiger partial charge < -0.3 is 18.3 Å². The largest absolute Gasteiger partial charge is 0.396 e. The Bertz CT molecular complexity index is 165. The lowest BCUT2D eigenvalue weighted by molar-refractivity contribution is -0.201. The molecule has 0 spiro atoms. The van der Waals surface area contributed by atoms with Crippen molar-refractivity contribution in [3.05, 3.63) is 0 Å². The maximum atomic E-state index is 5.76. The van der Waals surface area contributed by atoms with Crippen LogP contribution in [0.15, 0.2) is 0 Å². The van der Waals surface area contributed by atoms with Crippen LogP contribution in [-0.4, -0.2) is 41.4 Å². The van der Waals surface area contributed by atoms with Gasteiger partial charge in [-0.15, -0.1) is 0 Å². The van der Waals surface area contributed by atoms with Gasteiger partial charge in [-0.2, -0.15) is 0 Å². The third-order valence-corrected chi connectivity index (χ3v) is 6.28. The van der Waals surface area contributed by atoms with Gasteiger partial charge in [0.15, 0.2) is 0 Å². The summed E-state index contributed by atoms with van der Waals surface area (Å²) in [4.78, 5) is 0. The third-order valence-electron chi connectivity index (χ3n) is 2.69. The van der Waals surface area contributed by atoms with Crippen LogP contribution < -0.4 is 0 Å². The first-order valence-electron chi connectivity index (χ1n) is 5.44. The van der Waals surface area contributed by atoms with Gasteiger partial charge in [0, 0.05) is 33.9 Å². The fourth-order valence-electron chi connectivity index (χ4n) is 1.69. The Hall–Kier alpha value is 0.0569. The highest BCUT2D eigenvalue weighted by atomic mass is 28.4. The Labute approximate surface area is 94.1 Å². The lowest BCUT2D eigenvalue weighted by Crippen LogP contribution is -2.62. The van der Waals surface area contributed by atoms with Crippen LogP contribution in [0.2, 0.25) is 6.55 Å². The van der Waals surface area contributed by atoms with Gasteiger partial charge in [-0.3, -0.25) is 0 Å². The molecule has 15 heavy (non-hydrogen) atoms. The van der Waals surface area contributed by atoms with E-state index in [1.165, 1.54) is 0 Å². The maximum absolute atomic E-state index is 5.76. The van der Waals surface area contributed by atoms with Gasteiger partial charge in [0.1, 0.15) is 0 Å². The van der Waals surface area contributed by atoms with Crippen molar-refractivity contribution < 1.29 is 18.3 Å². The van der Waals surface area contributed by atoms with Crippen LogP contribution in [0.25, 0.3) is 0 Å². The van der Waals surface area contributed by atoms with Crippen molar-refractivity contribution in [2.24, 2.45) is 0 Å². The molecule has 0 aromatic heterocycles. The van der Waals surface area contributed by atoms with Gasteiger partial charge >= 0.3 is 8.56 Å². The average Bonchev–Trinajstić information content (AvgIpc) is 2.27. The molecule has 0 unspecified atom stereocenters. The predicted molar refractivity (Wildman–Crippen MR) is 61.9 cm³/mol. The van der Waals surface area contributed by atoms with E-state index in [4.69, 9.17) is 18.3 Å². The van der Waals surface area contributed by atoms with Crippen LogP contribution in [0, 0.1) is 0 Å². The highest BCUT2D eigenvalue weighted by molar-refractivity contribution is 6.68. The summed E-state index contributed by atoms with van der Waals surface area (Å²) in [5.74, 6) is 0. The second kappa shape index (κ2) is 6.60. The summed E-state index contributed by atoms with van der Waals surface area (Å²) in [6, 6.07) is 0. The van der Waals surface area contributed by atoms with E-state index in [0.717, 1.165) is 6.42 Å². The average molecular weight is 236 g/mol. The van der Waals surface area contributed by atoms with E-state index >= 15 is 0 Å². The Morgan fingerprint density at radius 1 is 0.933 bits per heavy atom. The summed E-state index contributed by atoms with van der Waals surface area (Å²) < 4.78 is 22.5. The quantitative estimate of drug-likeness (QED) is 0.477. The summed E-state index contributed by atoms with van der Waals surface area (Å²) in [6.07, 6.45) is 0.721. The lowest BCUT2D eigenvalue weighted by Gasteiger charge is -2.42. The first-order valence-corrected chi connectivity index (χ1v) is 7.75. The zero-order valence-corrected chi connectivity index (χ0v) is 11.8. The molecule has 92 valence electrons. The molecule has 0 saturated carbocycles. The van der Waals surface area contributed by atoms with Crippen LogP contribution in [0.1, 0.15) is 27.2 Å². The summed E-state index contributed by atoms with van der Waals surface area (Å²) in [5, 5.41) is 0. The molecule has 0 amide bonds. The topological polar surface area (TPSA) is 36.9 Å². The van der Waals surface area contributed by atoms with Gasteiger partial charge in [-0.25, -0.2) is 0 Å². The molecule has 4 nitrogen and oxygen atoms in total. The molecule has 0 aliphatic rings. The van der Waals surface area contributed by atoms with Gasteiger partial charge in [-0.05, 0) is 20.4 Å². The third kappa shape index (κ3) is 3.01. The molecular formula is C10H24O4Si. The van der Waals surface area contributed by atoms with E-state index in [1.807, 2.05) is 27.3 Å². The van der Waals surface area contributed by atoms with E-state index < -0.39 is 14.0 Å². The van der Waals surface area contributed by atoms with Gasteiger partial charge in [0.05, 0.1) is 0 Å². The molecule has 0 aromatic carbocycles. The van der Waals surface area contributed by atoms with Crippen molar-refractivity contribution in [1.29, 1.82) is 0 Å². The van der Waals surface area contributed by atoms with E-state index in [2.05, 4.69) is 0 Å².